The second-order valence-electron chi connectivity index (χ2n) is 6.48. The molecule has 1 saturated heterocycles. The van der Waals surface area contributed by atoms with Crippen molar-refractivity contribution >= 4 is 29.9 Å². The van der Waals surface area contributed by atoms with E-state index in [1.165, 1.54) is 50.9 Å². The predicted molar refractivity (Wildman–Crippen MR) is 111 cm³/mol. The van der Waals surface area contributed by atoms with Gasteiger partial charge in [0, 0.05) is 38.3 Å². The van der Waals surface area contributed by atoms with E-state index in [1.54, 1.807) is 0 Å². The normalized spacial score (nSPS) is 16.8. The molecule has 0 unspecified atom stereocenters. The Morgan fingerprint density at radius 3 is 2.58 bits per heavy atom. The number of aryl methyl sites for hydroxylation is 2. The lowest BCUT2D eigenvalue weighted by Gasteiger charge is -2.33. The first-order chi connectivity index (χ1) is 11.1. The van der Waals surface area contributed by atoms with Crippen LogP contribution < -0.4 is 10.6 Å². The van der Waals surface area contributed by atoms with E-state index in [2.05, 4.69) is 33.5 Å². The van der Waals surface area contributed by atoms with E-state index in [4.69, 9.17) is 4.42 Å². The van der Waals surface area contributed by atoms with Crippen LogP contribution in [0.3, 0.4) is 0 Å². The van der Waals surface area contributed by atoms with Gasteiger partial charge in [-0.2, -0.15) is 0 Å². The van der Waals surface area contributed by atoms with Crippen molar-refractivity contribution < 1.29 is 4.42 Å². The SMILES string of the molecule is CCCCN1CCC(NC(=NC)NCc2cc(C)oc2C)CC1.I. The van der Waals surface area contributed by atoms with E-state index in [1.807, 2.05) is 20.9 Å². The van der Waals surface area contributed by atoms with Crippen LogP contribution in [0.15, 0.2) is 15.5 Å². The monoisotopic (exact) mass is 448 g/mol. The van der Waals surface area contributed by atoms with E-state index in [0.29, 0.717) is 6.04 Å². The number of aliphatic imine (C=N–C) groups is 1. The number of hydrogen-bond acceptors (Lipinski definition) is 3. The Bertz CT molecular complexity index is 507. The Morgan fingerprint density at radius 2 is 2.04 bits per heavy atom. The van der Waals surface area contributed by atoms with E-state index in [0.717, 1.165) is 24.0 Å². The fourth-order valence-electron chi connectivity index (χ4n) is 3.11. The maximum atomic E-state index is 5.57. The highest BCUT2D eigenvalue weighted by atomic mass is 127. The predicted octanol–water partition coefficient (Wildman–Crippen LogP) is 3.44. The molecule has 138 valence electrons. The number of rotatable bonds is 6. The average Bonchev–Trinajstić information content (AvgIpc) is 2.88. The highest BCUT2D eigenvalue weighted by Gasteiger charge is 2.19. The van der Waals surface area contributed by atoms with E-state index in [9.17, 15) is 0 Å². The first-order valence-corrected chi connectivity index (χ1v) is 8.87. The van der Waals surface area contributed by atoms with Crippen LogP contribution in [-0.4, -0.2) is 43.6 Å². The molecule has 24 heavy (non-hydrogen) atoms. The van der Waals surface area contributed by atoms with Gasteiger partial charge in [0.05, 0.1) is 0 Å². The zero-order valence-corrected chi connectivity index (χ0v) is 17.9. The number of halogens is 1. The zero-order chi connectivity index (χ0) is 16.7. The van der Waals surface area contributed by atoms with Crippen LogP contribution in [0.2, 0.25) is 0 Å². The van der Waals surface area contributed by atoms with Gasteiger partial charge in [-0.3, -0.25) is 4.99 Å². The van der Waals surface area contributed by atoms with Gasteiger partial charge < -0.3 is 20.0 Å². The van der Waals surface area contributed by atoms with Crippen LogP contribution in [0.25, 0.3) is 0 Å². The number of piperidine rings is 1. The maximum absolute atomic E-state index is 5.57. The molecule has 1 aromatic rings. The molecule has 0 saturated carbocycles. The highest BCUT2D eigenvalue weighted by molar-refractivity contribution is 14.0. The average molecular weight is 448 g/mol. The standard InChI is InChI=1S/C18H32N4O.HI/c1-5-6-9-22-10-7-17(8-11-22)21-18(19-4)20-13-16-12-14(2)23-15(16)3;/h12,17H,5-11,13H2,1-4H3,(H2,19,20,21);1H. The molecule has 2 heterocycles. The number of furan rings is 1. The van der Waals surface area contributed by atoms with Gasteiger partial charge in [-0.1, -0.05) is 13.3 Å². The fourth-order valence-corrected chi connectivity index (χ4v) is 3.11. The smallest absolute Gasteiger partial charge is 0.191 e. The van der Waals surface area contributed by atoms with Crippen LogP contribution in [0.5, 0.6) is 0 Å². The molecule has 0 atom stereocenters. The van der Waals surface area contributed by atoms with Crippen LogP contribution >= 0.6 is 24.0 Å². The largest absolute Gasteiger partial charge is 0.466 e. The summed E-state index contributed by atoms with van der Waals surface area (Å²) < 4.78 is 5.57. The quantitative estimate of drug-likeness (QED) is 0.398. The summed E-state index contributed by atoms with van der Waals surface area (Å²) in [6.07, 6.45) is 4.97. The van der Waals surface area contributed by atoms with Crippen LogP contribution in [-0.2, 0) is 6.54 Å². The van der Waals surface area contributed by atoms with Crippen molar-refractivity contribution in [1.82, 2.24) is 15.5 Å². The van der Waals surface area contributed by atoms with Gasteiger partial charge in [-0.15, -0.1) is 24.0 Å². The molecule has 0 amide bonds. The molecule has 0 aromatic carbocycles. The molecule has 1 aliphatic heterocycles. The summed E-state index contributed by atoms with van der Waals surface area (Å²) in [6.45, 7) is 10.6. The maximum Gasteiger partial charge on any atom is 0.191 e. The molecule has 1 aromatic heterocycles. The number of nitrogens with zero attached hydrogens (tertiary/aromatic N) is 2. The van der Waals surface area contributed by atoms with Crippen molar-refractivity contribution in [2.24, 2.45) is 4.99 Å². The Kier molecular flexibility index (Phi) is 9.73. The topological polar surface area (TPSA) is 52.8 Å². The second-order valence-corrected chi connectivity index (χ2v) is 6.48. The van der Waals surface area contributed by atoms with Crippen molar-refractivity contribution in [3.8, 4) is 0 Å². The van der Waals surface area contributed by atoms with Crippen molar-refractivity contribution in [2.75, 3.05) is 26.7 Å². The van der Waals surface area contributed by atoms with E-state index >= 15 is 0 Å². The zero-order valence-electron chi connectivity index (χ0n) is 15.5. The molecular formula is C18H33IN4O. The third-order valence-corrected chi connectivity index (χ3v) is 4.57. The van der Waals surface area contributed by atoms with E-state index < -0.39 is 0 Å². The van der Waals surface area contributed by atoms with Gasteiger partial charge in [0.15, 0.2) is 5.96 Å². The molecule has 1 fully saturated rings. The summed E-state index contributed by atoms with van der Waals surface area (Å²) in [5.41, 5.74) is 1.19. The molecule has 2 rings (SSSR count). The minimum Gasteiger partial charge on any atom is -0.466 e. The minimum absolute atomic E-state index is 0. The lowest BCUT2D eigenvalue weighted by molar-refractivity contribution is 0.203. The second kappa shape index (κ2) is 11.0. The molecule has 6 heteroatoms. The number of likely N-dealkylation sites (tertiary alicyclic amines) is 1. The Morgan fingerprint density at radius 1 is 1.33 bits per heavy atom. The van der Waals surface area contributed by atoms with E-state index in [-0.39, 0.29) is 24.0 Å². The first kappa shape index (κ1) is 21.3. The molecule has 1 aliphatic rings. The minimum atomic E-state index is 0. The Labute approximate surface area is 163 Å². The molecule has 0 spiro atoms. The lowest BCUT2D eigenvalue weighted by Crippen LogP contribution is -2.48. The Hall–Kier alpha value is -0.760. The molecular weight excluding hydrogens is 415 g/mol. The van der Waals surface area contributed by atoms with Gasteiger partial charge in [0.1, 0.15) is 11.5 Å². The lowest BCUT2D eigenvalue weighted by atomic mass is 10.0. The highest BCUT2D eigenvalue weighted by Crippen LogP contribution is 2.13. The fraction of sp³-hybridized carbons (Fsp3) is 0.722. The molecule has 2 N–H and O–H groups in total. The number of nitrogens with one attached hydrogen (secondary N) is 2. The van der Waals surface area contributed by atoms with Gasteiger partial charge in [0.25, 0.3) is 0 Å². The van der Waals surface area contributed by atoms with Crippen LogP contribution in [0, 0.1) is 13.8 Å². The molecule has 5 nitrogen and oxygen atoms in total. The van der Waals surface area contributed by atoms with Crippen molar-refractivity contribution in [2.45, 2.75) is 59.0 Å². The van der Waals surface area contributed by atoms with Gasteiger partial charge in [0.2, 0.25) is 0 Å². The van der Waals surface area contributed by atoms with Crippen LogP contribution in [0.4, 0.5) is 0 Å². The number of unbranched alkanes of at least 4 members (excludes halogenated alkanes) is 1. The number of hydrogen-bond donors (Lipinski definition) is 2. The van der Waals surface area contributed by atoms with Crippen molar-refractivity contribution in [1.29, 1.82) is 0 Å². The first-order valence-electron chi connectivity index (χ1n) is 8.87. The third kappa shape index (κ3) is 6.63. The summed E-state index contributed by atoms with van der Waals surface area (Å²) >= 11 is 0. The summed E-state index contributed by atoms with van der Waals surface area (Å²) in [5, 5.41) is 6.96. The molecule has 0 radical (unpaired) electrons. The summed E-state index contributed by atoms with van der Waals surface area (Å²) in [6, 6.07) is 2.60. The summed E-state index contributed by atoms with van der Waals surface area (Å²) in [5.74, 6) is 2.83. The van der Waals surface area contributed by atoms with Crippen LogP contribution in [0.1, 0.15) is 49.7 Å². The van der Waals surface area contributed by atoms with Crippen molar-refractivity contribution in [3.05, 3.63) is 23.2 Å². The summed E-state index contributed by atoms with van der Waals surface area (Å²) in [4.78, 5) is 6.93. The number of guanidine groups is 1. The molecule has 0 aliphatic carbocycles. The summed E-state index contributed by atoms with van der Waals surface area (Å²) in [7, 11) is 1.83. The van der Waals surface area contributed by atoms with Gasteiger partial charge in [-0.25, -0.2) is 0 Å². The van der Waals surface area contributed by atoms with Gasteiger partial charge in [-0.05, 0) is 45.7 Å². The molecule has 0 bridgehead atoms. The van der Waals surface area contributed by atoms with Crippen molar-refractivity contribution in [3.63, 3.8) is 0 Å². The Balaban J connectivity index is 0.00000288. The third-order valence-electron chi connectivity index (χ3n) is 4.57. The van der Waals surface area contributed by atoms with Gasteiger partial charge >= 0.3 is 0 Å².